The topological polar surface area (TPSA) is 64.1 Å². The monoisotopic (exact) mass is 205 g/mol. The van der Waals surface area contributed by atoms with Crippen molar-refractivity contribution in [1.82, 2.24) is 5.16 Å². The van der Waals surface area contributed by atoms with Crippen LogP contribution in [-0.4, -0.2) is 18.2 Å². The van der Waals surface area contributed by atoms with Crippen molar-refractivity contribution in [2.45, 2.75) is 13.8 Å². The molecule has 0 aliphatic rings. The highest BCUT2D eigenvalue weighted by Gasteiger charge is 2.09. The molecule has 0 saturated heterocycles. The molecular formula is C11H15N3O. The molecule has 4 heteroatoms. The quantitative estimate of drug-likeness (QED) is 0.802. The van der Waals surface area contributed by atoms with Crippen LogP contribution in [0.3, 0.4) is 0 Å². The van der Waals surface area contributed by atoms with Gasteiger partial charge in [-0.15, -0.1) is 0 Å². The van der Waals surface area contributed by atoms with Crippen LogP contribution in [0.25, 0.3) is 11.0 Å². The van der Waals surface area contributed by atoms with Gasteiger partial charge in [0.1, 0.15) is 0 Å². The predicted molar refractivity (Wildman–Crippen MR) is 61.0 cm³/mol. The molecule has 1 heterocycles. The molecule has 0 radical (unpaired) electrons. The molecule has 0 atom stereocenters. The first kappa shape index (κ1) is 9.98. The molecule has 0 bridgehead atoms. The molecule has 2 aromatic rings. The fraction of sp³-hybridized carbons (Fsp3) is 0.364. The summed E-state index contributed by atoms with van der Waals surface area (Å²) in [6.07, 6.45) is 0. The van der Waals surface area contributed by atoms with Gasteiger partial charge in [-0.05, 0) is 31.0 Å². The number of hydrogen-bond donors (Lipinski definition) is 2. The van der Waals surface area contributed by atoms with Gasteiger partial charge in [0.2, 0.25) is 0 Å². The van der Waals surface area contributed by atoms with Crippen molar-refractivity contribution >= 4 is 16.8 Å². The average Bonchev–Trinajstić information content (AvgIpc) is 2.58. The maximum Gasteiger partial charge on any atom is 0.177 e. The van der Waals surface area contributed by atoms with E-state index in [1.807, 2.05) is 6.92 Å². The van der Waals surface area contributed by atoms with Crippen molar-refractivity contribution in [2.24, 2.45) is 5.73 Å². The fourth-order valence-electron chi connectivity index (χ4n) is 1.71. The number of nitrogens with zero attached hydrogens (tertiary/aromatic N) is 1. The van der Waals surface area contributed by atoms with E-state index in [0.717, 1.165) is 22.4 Å². The molecule has 0 aliphatic heterocycles. The summed E-state index contributed by atoms with van der Waals surface area (Å²) in [5, 5.41) is 8.16. The van der Waals surface area contributed by atoms with Gasteiger partial charge in [0.05, 0.1) is 5.39 Å². The Morgan fingerprint density at radius 2 is 2.20 bits per heavy atom. The van der Waals surface area contributed by atoms with Gasteiger partial charge in [-0.1, -0.05) is 11.2 Å². The Labute approximate surface area is 88.4 Å². The standard InChI is InChI=1S/C11H15N3O/c1-7-5-8(2)10-9(6-7)11(14-15-10)13-4-3-12/h5-6H,3-4,12H2,1-2H3,(H,13,14). The third-order valence-electron chi connectivity index (χ3n) is 2.34. The van der Waals surface area contributed by atoms with E-state index in [4.69, 9.17) is 10.3 Å². The lowest BCUT2D eigenvalue weighted by Crippen LogP contribution is -2.13. The summed E-state index contributed by atoms with van der Waals surface area (Å²) in [6.45, 7) is 5.37. The van der Waals surface area contributed by atoms with Crippen molar-refractivity contribution in [3.63, 3.8) is 0 Å². The molecule has 15 heavy (non-hydrogen) atoms. The average molecular weight is 205 g/mol. The first-order chi connectivity index (χ1) is 7.22. The van der Waals surface area contributed by atoms with Crippen LogP contribution in [0.1, 0.15) is 11.1 Å². The van der Waals surface area contributed by atoms with E-state index >= 15 is 0 Å². The first-order valence-electron chi connectivity index (χ1n) is 5.03. The van der Waals surface area contributed by atoms with Gasteiger partial charge < -0.3 is 15.6 Å². The molecule has 4 nitrogen and oxygen atoms in total. The molecule has 0 unspecified atom stereocenters. The number of nitrogens with one attached hydrogen (secondary N) is 1. The van der Waals surface area contributed by atoms with Crippen LogP contribution in [0.15, 0.2) is 16.7 Å². The Hall–Kier alpha value is -1.55. The van der Waals surface area contributed by atoms with Crippen molar-refractivity contribution in [3.05, 3.63) is 23.3 Å². The summed E-state index contributed by atoms with van der Waals surface area (Å²) < 4.78 is 5.28. The van der Waals surface area contributed by atoms with Gasteiger partial charge in [-0.25, -0.2) is 0 Å². The van der Waals surface area contributed by atoms with E-state index in [1.54, 1.807) is 0 Å². The number of hydrogen-bond acceptors (Lipinski definition) is 4. The van der Waals surface area contributed by atoms with Gasteiger partial charge in [-0.2, -0.15) is 0 Å². The molecule has 2 rings (SSSR count). The van der Waals surface area contributed by atoms with E-state index < -0.39 is 0 Å². The number of rotatable bonds is 3. The molecule has 0 aliphatic carbocycles. The zero-order valence-corrected chi connectivity index (χ0v) is 9.00. The Morgan fingerprint density at radius 3 is 2.93 bits per heavy atom. The summed E-state index contributed by atoms with van der Waals surface area (Å²) in [4.78, 5) is 0. The van der Waals surface area contributed by atoms with Crippen LogP contribution in [0.2, 0.25) is 0 Å². The Kier molecular flexibility index (Phi) is 2.60. The number of fused-ring (bicyclic) bond motifs is 1. The fourth-order valence-corrected chi connectivity index (χ4v) is 1.71. The lowest BCUT2D eigenvalue weighted by Gasteiger charge is -2.00. The maximum atomic E-state index is 5.43. The predicted octanol–water partition coefficient (Wildman–Crippen LogP) is 1.82. The molecular weight excluding hydrogens is 190 g/mol. The van der Waals surface area contributed by atoms with Crippen molar-refractivity contribution < 1.29 is 4.52 Å². The smallest absolute Gasteiger partial charge is 0.177 e. The summed E-state index contributed by atoms with van der Waals surface area (Å²) in [5.74, 6) is 0.780. The SMILES string of the molecule is Cc1cc(C)c2onc(NCCN)c2c1. The minimum Gasteiger partial charge on any atom is -0.365 e. The van der Waals surface area contributed by atoms with Gasteiger partial charge in [0.25, 0.3) is 0 Å². The molecule has 0 amide bonds. The highest BCUT2D eigenvalue weighted by atomic mass is 16.5. The second-order valence-corrected chi connectivity index (χ2v) is 3.71. The summed E-state index contributed by atoms with van der Waals surface area (Å²) in [5.41, 5.74) is 8.59. The molecule has 1 aromatic heterocycles. The second-order valence-electron chi connectivity index (χ2n) is 3.71. The van der Waals surface area contributed by atoms with Crippen molar-refractivity contribution in [3.8, 4) is 0 Å². The summed E-state index contributed by atoms with van der Waals surface area (Å²) >= 11 is 0. The van der Waals surface area contributed by atoms with Crippen LogP contribution in [0.5, 0.6) is 0 Å². The normalized spacial score (nSPS) is 10.9. The van der Waals surface area contributed by atoms with E-state index in [9.17, 15) is 0 Å². The molecule has 80 valence electrons. The maximum absolute atomic E-state index is 5.43. The van der Waals surface area contributed by atoms with Crippen LogP contribution >= 0.6 is 0 Å². The number of nitrogens with two attached hydrogens (primary N) is 1. The number of aryl methyl sites for hydroxylation is 2. The number of benzene rings is 1. The van der Waals surface area contributed by atoms with E-state index in [2.05, 4.69) is 29.5 Å². The second kappa shape index (κ2) is 3.90. The molecule has 1 aromatic carbocycles. The van der Waals surface area contributed by atoms with Gasteiger partial charge in [-0.3, -0.25) is 0 Å². The zero-order valence-electron chi connectivity index (χ0n) is 9.00. The number of anilines is 1. The van der Waals surface area contributed by atoms with Crippen molar-refractivity contribution in [2.75, 3.05) is 18.4 Å². The highest BCUT2D eigenvalue weighted by Crippen LogP contribution is 2.26. The molecule has 0 spiro atoms. The third-order valence-corrected chi connectivity index (χ3v) is 2.34. The molecule has 3 N–H and O–H groups in total. The Morgan fingerprint density at radius 1 is 1.40 bits per heavy atom. The van der Waals surface area contributed by atoms with Gasteiger partial charge in [0, 0.05) is 13.1 Å². The van der Waals surface area contributed by atoms with Crippen molar-refractivity contribution in [1.29, 1.82) is 0 Å². The largest absolute Gasteiger partial charge is 0.365 e. The van der Waals surface area contributed by atoms with E-state index in [0.29, 0.717) is 13.1 Å². The van der Waals surface area contributed by atoms with Crippen LogP contribution in [0.4, 0.5) is 5.82 Å². The Balaban J connectivity index is 2.49. The van der Waals surface area contributed by atoms with Crippen LogP contribution in [0, 0.1) is 13.8 Å². The lowest BCUT2D eigenvalue weighted by atomic mass is 10.1. The third kappa shape index (κ3) is 1.80. The first-order valence-corrected chi connectivity index (χ1v) is 5.03. The number of aromatic nitrogens is 1. The molecule has 0 saturated carbocycles. The molecule has 0 fully saturated rings. The summed E-state index contributed by atoms with van der Waals surface area (Å²) in [6, 6.07) is 4.15. The van der Waals surface area contributed by atoms with Gasteiger partial charge >= 0.3 is 0 Å². The van der Waals surface area contributed by atoms with E-state index in [1.165, 1.54) is 5.56 Å². The minimum atomic E-state index is 0.582. The minimum absolute atomic E-state index is 0.582. The lowest BCUT2D eigenvalue weighted by molar-refractivity contribution is 0.458. The van der Waals surface area contributed by atoms with Gasteiger partial charge in [0.15, 0.2) is 11.4 Å². The zero-order chi connectivity index (χ0) is 10.8. The van der Waals surface area contributed by atoms with E-state index in [-0.39, 0.29) is 0 Å². The van der Waals surface area contributed by atoms with Crippen LogP contribution in [-0.2, 0) is 0 Å². The highest BCUT2D eigenvalue weighted by molar-refractivity contribution is 5.90. The Bertz CT molecular complexity index is 476. The van der Waals surface area contributed by atoms with Crippen LogP contribution < -0.4 is 11.1 Å². The summed E-state index contributed by atoms with van der Waals surface area (Å²) in [7, 11) is 0.